The van der Waals surface area contributed by atoms with Crippen LogP contribution in [0.15, 0.2) is 72.8 Å². The molecule has 262 valence electrons. The van der Waals surface area contributed by atoms with Crippen molar-refractivity contribution in [2.75, 3.05) is 38.8 Å². The SMILES string of the molecule is COC(=O)CCCCN1C(=O)[C@@]2(O[C@@H](CC(=O)N(CCO)Cc3ccccc3)[C@H]([Si](C)(C)c3ccc(OC)cc3)[C@H]2C)c2cc(I)ccc21. The zero-order chi connectivity index (χ0) is 35.3. The number of anilines is 1. The number of methoxy groups -OCH3 is 2. The third-order valence-corrected chi connectivity index (χ3v) is 15.4. The smallest absolute Gasteiger partial charge is 0.305 e. The summed E-state index contributed by atoms with van der Waals surface area (Å²) in [6.07, 6.45) is 1.05. The summed E-state index contributed by atoms with van der Waals surface area (Å²) >= 11 is 2.28. The Bertz CT molecular complexity index is 1640. The molecule has 0 unspecified atom stereocenters. The summed E-state index contributed by atoms with van der Waals surface area (Å²) in [4.78, 5) is 44.4. The molecule has 0 bridgehead atoms. The normalized spacial score (nSPS) is 21.6. The molecular formula is C38H47IN2O7Si. The van der Waals surface area contributed by atoms with Gasteiger partial charge in [0, 0.05) is 41.1 Å². The molecule has 1 saturated heterocycles. The topological polar surface area (TPSA) is 106 Å². The van der Waals surface area contributed by atoms with Crippen molar-refractivity contribution in [1.29, 1.82) is 0 Å². The predicted molar refractivity (Wildman–Crippen MR) is 201 cm³/mol. The molecule has 0 radical (unpaired) electrons. The zero-order valence-electron chi connectivity index (χ0n) is 29.0. The van der Waals surface area contributed by atoms with E-state index in [2.05, 4.69) is 60.8 Å². The van der Waals surface area contributed by atoms with Crippen LogP contribution in [-0.2, 0) is 36.0 Å². The number of benzene rings is 3. The molecule has 1 fully saturated rings. The van der Waals surface area contributed by atoms with Gasteiger partial charge < -0.3 is 29.1 Å². The maximum absolute atomic E-state index is 14.9. The average molecular weight is 799 g/mol. The van der Waals surface area contributed by atoms with Crippen LogP contribution in [0.2, 0.25) is 18.6 Å². The number of amides is 2. The lowest BCUT2D eigenvalue weighted by molar-refractivity contribution is -0.149. The van der Waals surface area contributed by atoms with Gasteiger partial charge in [-0.1, -0.05) is 67.7 Å². The Balaban J connectivity index is 1.54. The van der Waals surface area contributed by atoms with E-state index in [1.165, 1.54) is 12.3 Å². The molecule has 3 aromatic rings. The number of esters is 1. The first-order valence-corrected chi connectivity index (χ1v) is 21.1. The Kier molecular flexibility index (Phi) is 11.9. The first-order chi connectivity index (χ1) is 23.5. The molecule has 9 nitrogen and oxygen atoms in total. The second kappa shape index (κ2) is 15.7. The van der Waals surface area contributed by atoms with Crippen molar-refractivity contribution in [2.45, 2.75) is 69.5 Å². The van der Waals surface area contributed by atoms with Crippen LogP contribution in [0.25, 0.3) is 0 Å². The number of aliphatic hydroxyl groups is 1. The van der Waals surface area contributed by atoms with Crippen LogP contribution in [0.1, 0.15) is 43.7 Å². The molecule has 1 N–H and O–H groups in total. The quantitative estimate of drug-likeness (QED) is 0.0979. The van der Waals surface area contributed by atoms with E-state index in [1.54, 1.807) is 12.0 Å². The molecule has 5 rings (SSSR count). The first-order valence-electron chi connectivity index (χ1n) is 16.9. The van der Waals surface area contributed by atoms with Gasteiger partial charge in [0.2, 0.25) is 5.91 Å². The van der Waals surface area contributed by atoms with Crippen molar-refractivity contribution >= 4 is 59.3 Å². The van der Waals surface area contributed by atoms with Gasteiger partial charge >= 0.3 is 5.97 Å². The summed E-state index contributed by atoms with van der Waals surface area (Å²) in [6.45, 7) is 7.56. The van der Waals surface area contributed by atoms with Gasteiger partial charge in [0.05, 0.1) is 47.1 Å². The van der Waals surface area contributed by atoms with Crippen molar-refractivity contribution < 1.29 is 33.7 Å². The molecular weight excluding hydrogens is 751 g/mol. The van der Waals surface area contributed by atoms with Crippen LogP contribution in [0.4, 0.5) is 5.69 Å². The van der Waals surface area contributed by atoms with E-state index in [9.17, 15) is 19.5 Å². The molecule has 2 heterocycles. The van der Waals surface area contributed by atoms with Crippen molar-refractivity contribution in [3.63, 3.8) is 0 Å². The summed E-state index contributed by atoms with van der Waals surface area (Å²) < 4.78 is 18.4. The van der Waals surface area contributed by atoms with Gasteiger partial charge in [-0.3, -0.25) is 14.4 Å². The second-order valence-electron chi connectivity index (χ2n) is 13.5. The van der Waals surface area contributed by atoms with Gasteiger partial charge in [-0.25, -0.2) is 0 Å². The van der Waals surface area contributed by atoms with Gasteiger partial charge in [-0.2, -0.15) is 0 Å². The lowest BCUT2D eigenvalue weighted by Gasteiger charge is -2.37. The highest BCUT2D eigenvalue weighted by atomic mass is 127. The Morgan fingerprint density at radius 1 is 1.04 bits per heavy atom. The number of carbonyl (C=O) groups excluding carboxylic acids is 3. The average Bonchev–Trinajstić information content (AvgIpc) is 3.52. The highest BCUT2D eigenvalue weighted by Gasteiger charge is 2.66. The Hall–Kier alpha value is -3.26. The second-order valence-corrected chi connectivity index (χ2v) is 19.5. The first kappa shape index (κ1) is 37.0. The van der Waals surface area contributed by atoms with Crippen molar-refractivity contribution in [3.05, 3.63) is 87.5 Å². The molecule has 0 aromatic heterocycles. The molecule has 0 saturated carbocycles. The number of unbranched alkanes of at least 4 members (excludes halogenated alkanes) is 1. The summed E-state index contributed by atoms with van der Waals surface area (Å²) in [5.74, 6) is 0.00977. The minimum absolute atomic E-state index is 0.0852. The fourth-order valence-corrected chi connectivity index (χ4v) is 12.4. The number of hydrogen-bond acceptors (Lipinski definition) is 7. The Labute approximate surface area is 304 Å². The summed E-state index contributed by atoms with van der Waals surface area (Å²) in [7, 11) is 0.574. The van der Waals surface area contributed by atoms with E-state index in [0.29, 0.717) is 25.9 Å². The highest BCUT2D eigenvalue weighted by Crippen LogP contribution is 2.60. The Morgan fingerprint density at radius 2 is 1.76 bits per heavy atom. The molecule has 3 aromatic carbocycles. The lowest BCUT2D eigenvalue weighted by Crippen LogP contribution is -2.52. The number of fused-ring (bicyclic) bond motifs is 2. The number of nitrogens with zero attached hydrogens (tertiary/aromatic N) is 2. The Morgan fingerprint density at radius 3 is 2.41 bits per heavy atom. The molecule has 0 aliphatic carbocycles. The third-order valence-electron chi connectivity index (χ3n) is 10.4. The van der Waals surface area contributed by atoms with Crippen molar-refractivity contribution in [1.82, 2.24) is 4.90 Å². The van der Waals surface area contributed by atoms with Gasteiger partial charge in [0.25, 0.3) is 5.91 Å². The fraction of sp³-hybridized carbons (Fsp3) is 0.447. The van der Waals surface area contributed by atoms with Crippen LogP contribution in [0.5, 0.6) is 5.75 Å². The summed E-state index contributed by atoms with van der Waals surface area (Å²) in [5, 5.41) is 11.1. The maximum Gasteiger partial charge on any atom is 0.305 e. The number of carbonyl (C=O) groups is 3. The molecule has 2 aliphatic rings. The van der Waals surface area contributed by atoms with E-state index in [1.807, 2.05) is 59.5 Å². The van der Waals surface area contributed by atoms with Crippen LogP contribution in [0, 0.1) is 9.49 Å². The third kappa shape index (κ3) is 7.45. The summed E-state index contributed by atoms with van der Waals surface area (Å²) in [5.41, 5.74) is 1.25. The molecule has 49 heavy (non-hydrogen) atoms. The number of ether oxygens (including phenoxy) is 3. The van der Waals surface area contributed by atoms with Crippen molar-refractivity contribution in [2.24, 2.45) is 5.92 Å². The number of aliphatic hydroxyl groups excluding tert-OH is 1. The fourth-order valence-electron chi connectivity index (χ4n) is 7.87. The largest absolute Gasteiger partial charge is 0.497 e. The van der Waals surface area contributed by atoms with Crippen LogP contribution in [0.3, 0.4) is 0 Å². The van der Waals surface area contributed by atoms with Gasteiger partial charge in [0.15, 0.2) is 5.60 Å². The molecule has 2 amide bonds. The number of halogens is 1. The lowest BCUT2D eigenvalue weighted by atomic mass is 9.82. The van der Waals surface area contributed by atoms with Crippen LogP contribution < -0.4 is 14.8 Å². The minimum atomic E-state index is -2.46. The van der Waals surface area contributed by atoms with Gasteiger partial charge in [-0.15, -0.1) is 0 Å². The van der Waals surface area contributed by atoms with Gasteiger partial charge in [0.1, 0.15) is 5.75 Å². The molecule has 2 aliphatic heterocycles. The van der Waals surface area contributed by atoms with E-state index in [0.717, 1.165) is 26.1 Å². The molecule has 11 heteroatoms. The van der Waals surface area contributed by atoms with E-state index in [4.69, 9.17) is 14.2 Å². The van der Waals surface area contributed by atoms with Crippen molar-refractivity contribution in [3.8, 4) is 5.75 Å². The van der Waals surface area contributed by atoms with Crippen LogP contribution >= 0.6 is 22.6 Å². The molecule has 4 atom stereocenters. The summed E-state index contributed by atoms with van der Waals surface area (Å²) in [6, 6.07) is 23.9. The van der Waals surface area contributed by atoms with Crippen LogP contribution in [-0.4, -0.2) is 75.9 Å². The van der Waals surface area contributed by atoms with E-state index < -0.39 is 19.8 Å². The number of rotatable bonds is 14. The zero-order valence-corrected chi connectivity index (χ0v) is 32.1. The van der Waals surface area contributed by atoms with E-state index >= 15 is 0 Å². The number of hydrogen-bond donors (Lipinski definition) is 1. The highest BCUT2D eigenvalue weighted by molar-refractivity contribution is 14.1. The monoisotopic (exact) mass is 798 g/mol. The van der Waals surface area contributed by atoms with Gasteiger partial charge in [-0.05, 0) is 76.9 Å². The minimum Gasteiger partial charge on any atom is -0.497 e. The predicted octanol–water partition coefficient (Wildman–Crippen LogP) is 5.62. The maximum atomic E-state index is 14.9. The molecule has 1 spiro atoms. The van der Waals surface area contributed by atoms with E-state index in [-0.39, 0.29) is 55.2 Å². The standard InChI is InChI=1S/C38H47IN2O7Si/c1-26-36(49(4,5)30-17-15-29(46-2)16-18-30)33(24-34(43)40(21-22-42)25-27-11-7-6-8-12-27)48-38(26)31-23-28(39)14-19-32(31)41(37(38)45)20-10-9-13-35(44)47-3/h6-8,11-12,14-19,23,26,33,36,42H,9-10,13,20-22,24-25H2,1-5H3/t26-,33+,36-,38+/m1/s1.